The molecule has 1 aliphatic heterocycles. The monoisotopic (exact) mass is 377 g/mol. The number of rotatable bonds is 3. The van der Waals surface area contributed by atoms with Crippen LogP contribution in [0.4, 0.5) is 5.69 Å². The second-order valence-corrected chi connectivity index (χ2v) is 7.11. The van der Waals surface area contributed by atoms with Gasteiger partial charge in [-0.2, -0.15) is 0 Å². The van der Waals surface area contributed by atoms with Crippen LogP contribution >= 0.6 is 0 Å². The zero-order valence-corrected chi connectivity index (χ0v) is 15.2. The van der Waals surface area contributed by atoms with Crippen LogP contribution in [0, 0.1) is 0 Å². The lowest BCUT2D eigenvalue weighted by Gasteiger charge is -2.31. The Morgan fingerprint density at radius 1 is 1.04 bits per heavy atom. The molecule has 1 fully saturated rings. The van der Waals surface area contributed by atoms with Gasteiger partial charge in [0, 0.05) is 48.6 Å². The van der Waals surface area contributed by atoms with Crippen molar-refractivity contribution < 1.29 is 18.8 Å². The summed E-state index contributed by atoms with van der Waals surface area (Å²) in [6.45, 7) is 0. The lowest BCUT2D eigenvalue weighted by atomic mass is 9.94. The summed E-state index contributed by atoms with van der Waals surface area (Å²) in [6, 6.07) is 10.6. The van der Waals surface area contributed by atoms with Gasteiger partial charge in [0.15, 0.2) is 23.0 Å². The van der Waals surface area contributed by atoms with E-state index >= 15 is 0 Å². The largest absolute Gasteiger partial charge is 0.448 e. The molecule has 1 aliphatic carbocycles. The molecule has 3 aromatic rings. The maximum atomic E-state index is 12.5. The number of aromatic nitrogens is 2. The quantitative estimate of drug-likeness (QED) is 0.727. The number of hydrogen-bond donors (Lipinski definition) is 1. The summed E-state index contributed by atoms with van der Waals surface area (Å²) in [5.74, 6) is 0.984. The third-order valence-electron chi connectivity index (χ3n) is 5.10. The number of carbonyl (C=O) groups is 1. The first-order valence-corrected chi connectivity index (χ1v) is 9.41. The highest BCUT2D eigenvalue weighted by molar-refractivity contribution is 6.03. The lowest BCUT2D eigenvalue weighted by Crippen LogP contribution is -2.40. The van der Waals surface area contributed by atoms with Gasteiger partial charge in [0.2, 0.25) is 0 Å². The van der Waals surface area contributed by atoms with Crippen LogP contribution in [0.3, 0.4) is 0 Å². The Bertz CT molecular complexity index is 1010. The minimum Gasteiger partial charge on any atom is -0.448 e. The summed E-state index contributed by atoms with van der Waals surface area (Å²) in [5, 5.41) is 6.69. The number of amides is 1. The number of carbonyl (C=O) groups excluding carboxylic acids is 1. The Hall–Kier alpha value is -3.35. The molecule has 1 spiro atoms. The molecular formula is C21H19N3O4. The summed E-state index contributed by atoms with van der Waals surface area (Å²) in [6.07, 6.45) is 8.52. The molecule has 1 aromatic carbocycles. The van der Waals surface area contributed by atoms with Gasteiger partial charge in [-0.15, -0.1) is 0 Å². The SMILES string of the molecule is O=C(Nc1ccc2c(c1)OC1(CCCCC1)O2)c1cc(-c2cccnc2)on1. The molecule has 7 heteroatoms. The highest BCUT2D eigenvalue weighted by Gasteiger charge is 2.42. The van der Waals surface area contributed by atoms with E-state index in [1.54, 1.807) is 36.7 Å². The van der Waals surface area contributed by atoms with Crippen LogP contribution in [-0.4, -0.2) is 21.8 Å². The van der Waals surface area contributed by atoms with Crippen molar-refractivity contribution in [1.82, 2.24) is 10.1 Å². The first kappa shape index (κ1) is 16.8. The van der Waals surface area contributed by atoms with Crippen molar-refractivity contribution in [1.29, 1.82) is 0 Å². The molecule has 2 aromatic heterocycles. The van der Waals surface area contributed by atoms with Crippen molar-refractivity contribution >= 4 is 11.6 Å². The van der Waals surface area contributed by atoms with E-state index in [4.69, 9.17) is 14.0 Å². The molecule has 7 nitrogen and oxygen atoms in total. The summed E-state index contributed by atoms with van der Waals surface area (Å²) in [5.41, 5.74) is 1.57. The van der Waals surface area contributed by atoms with Crippen molar-refractivity contribution in [3.05, 3.63) is 54.5 Å². The van der Waals surface area contributed by atoms with E-state index in [0.717, 1.165) is 37.0 Å². The molecule has 3 heterocycles. The molecule has 5 rings (SSSR count). The summed E-state index contributed by atoms with van der Waals surface area (Å²) in [7, 11) is 0. The second-order valence-electron chi connectivity index (χ2n) is 7.11. The van der Waals surface area contributed by atoms with Gasteiger partial charge in [0.1, 0.15) is 0 Å². The van der Waals surface area contributed by atoms with Crippen LogP contribution in [0.5, 0.6) is 11.5 Å². The molecule has 0 atom stereocenters. The first-order valence-electron chi connectivity index (χ1n) is 9.41. The van der Waals surface area contributed by atoms with Crippen molar-refractivity contribution in [2.24, 2.45) is 0 Å². The van der Waals surface area contributed by atoms with Gasteiger partial charge in [-0.3, -0.25) is 9.78 Å². The minimum absolute atomic E-state index is 0.195. The molecule has 0 unspecified atom stereocenters. The van der Waals surface area contributed by atoms with Crippen molar-refractivity contribution in [3.63, 3.8) is 0 Å². The number of benzene rings is 1. The average molecular weight is 377 g/mol. The van der Waals surface area contributed by atoms with Gasteiger partial charge in [0.05, 0.1) is 0 Å². The number of hydrogen-bond acceptors (Lipinski definition) is 6. The van der Waals surface area contributed by atoms with E-state index in [-0.39, 0.29) is 11.6 Å². The van der Waals surface area contributed by atoms with Gasteiger partial charge in [-0.1, -0.05) is 11.6 Å². The van der Waals surface area contributed by atoms with E-state index in [0.29, 0.717) is 17.2 Å². The van der Waals surface area contributed by atoms with E-state index in [2.05, 4.69) is 15.5 Å². The van der Waals surface area contributed by atoms with Crippen molar-refractivity contribution in [3.8, 4) is 22.8 Å². The van der Waals surface area contributed by atoms with Gasteiger partial charge in [-0.25, -0.2) is 0 Å². The third-order valence-corrected chi connectivity index (χ3v) is 5.10. The molecule has 28 heavy (non-hydrogen) atoms. The zero-order valence-electron chi connectivity index (χ0n) is 15.2. The Balaban J connectivity index is 1.31. The van der Waals surface area contributed by atoms with Gasteiger partial charge >= 0.3 is 0 Å². The van der Waals surface area contributed by atoms with E-state index in [1.165, 1.54) is 6.42 Å². The number of fused-ring (bicyclic) bond motifs is 1. The summed E-state index contributed by atoms with van der Waals surface area (Å²) >= 11 is 0. The van der Waals surface area contributed by atoms with Crippen LogP contribution in [-0.2, 0) is 0 Å². The molecule has 1 saturated carbocycles. The Kier molecular flexibility index (Phi) is 4.00. The topological polar surface area (TPSA) is 86.5 Å². The van der Waals surface area contributed by atoms with Crippen LogP contribution < -0.4 is 14.8 Å². The maximum absolute atomic E-state index is 12.5. The fourth-order valence-corrected chi connectivity index (χ4v) is 3.69. The van der Waals surface area contributed by atoms with E-state index < -0.39 is 5.79 Å². The predicted molar refractivity (Wildman–Crippen MR) is 101 cm³/mol. The number of nitrogens with one attached hydrogen (secondary N) is 1. The Morgan fingerprint density at radius 2 is 1.89 bits per heavy atom. The average Bonchev–Trinajstić information content (AvgIpc) is 3.34. The molecule has 0 saturated heterocycles. The highest BCUT2D eigenvalue weighted by atomic mass is 16.7. The molecular weight excluding hydrogens is 358 g/mol. The molecule has 0 bridgehead atoms. The smallest absolute Gasteiger partial charge is 0.277 e. The van der Waals surface area contributed by atoms with Crippen LogP contribution in [0.25, 0.3) is 11.3 Å². The van der Waals surface area contributed by atoms with E-state index in [1.807, 2.05) is 12.1 Å². The Labute approximate surface area is 161 Å². The van der Waals surface area contributed by atoms with Crippen molar-refractivity contribution in [2.75, 3.05) is 5.32 Å². The number of anilines is 1. The molecule has 142 valence electrons. The first-order chi connectivity index (χ1) is 13.7. The highest BCUT2D eigenvalue weighted by Crippen LogP contribution is 2.46. The second kappa shape index (κ2) is 6.67. The van der Waals surface area contributed by atoms with Crippen LogP contribution in [0.15, 0.2) is 53.3 Å². The number of ether oxygens (including phenoxy) is 2. The molecule has 0 radical (unpaired) electrons. The van der Waals surface area contributed by atoms with Gasteiger partial charge < -0.3 is 19.3 Å². The maximum Gasteiger partial charge on any atom is 0.277 e. The molecule has 1 amide bonds. The normalized spacial score (nSPS) is 16.9. The van der Waals surface area contributed by atoms with Crippen LogP contribution in [0.2, 0.25) is 0 Å². The zero-order chi connectivity index (χ0) is 19.0. The number of pyridine rings is 1. The Morgan fingerprint density at radius 3 is 2.71 bits per heavy atom. The predicted octanol–water partition coefficient (Wildman–Crippen LogP) is 4.42. The standard InChI is InChI=1S/C21H19N3O4/c25-20(16-12-18(28-24-16)14-5-4-10-22-13-14)23-15-6-7-17-19(11-15)27-21(26-17)8-2-1-3-9-21/h4-7,10-13H,1-3,8-9H2,(H,23,25). The third kappa shape index (κ3) is 3.09. The minimum atomic E-state index is -0.534. The summed E-state index contributed by atoms with van der Waals surface area (Å²) < 4.78 is 17.4. The van der Waals surface area contributed by atoms with Crippen LogP contribution in [0.1, 0.15) is 42.6 Å². The van der Waals surface area contributed by atoms with Crippen molar-refractivity contribution in [2.45, 2.75) is 37.9 Å². The number of nitrogens with zero attached hydrogens (tertiary/aromatic N) is 2. The van der Waals surface area contributed by atoms with Gasteiger partial charge in [-0.05, 0) is 37.1 Å². The van der Waals surface area contributed by atoms with Gasteiger partial charge in [0.25, 0.3) is 11.7 Å². The lowest BCUT2D eigenvalue weighted by molar-refractivity contribution is -0.105. The molecule has 1 N–H and O–H groups in total. The summed E-state index contributed by atoms with van der Waals surface area (Å²) in [4.78, 5) is 16.6. The molecule has 2 aliphatic rings. The fourth-order valence-electron chi connectivity index (χ4n) is 3.69. The van der Waals surface area contributed by atoms with E-state index in [9.17, 15) is 4.79 Å². The fraction of sp³-hybridized carbons (Fsp3) is 0.286.